The molecule has 1 aliphatic rings. The molecule has 2 atom stereocenters. The molecule has 1 aliphatic heterocycles. The molecule has 0 saturated carbocycles. The third kappa shape index (κ3) is 4.50. The van der Waals surface area contributed by atoms with Crippen molar-refractivity contribution in [3.05, 3.63) is 57.9 Å². The summed E-state index contributed by atoms with van der Waals surface area (Å²) in [7, 11) is 0. The summed E-state index contributed by atoms with van der Waals surface area (Å²) in [6, 6.07) is 12.8. The molecule has 1 N–H and O–H groups in total. The number of thiazole rings is 1. The molecule has 2 amide bonds. The molecule has 0 radical (unpaired) electrons. The van der Waals surface area contributed by atoms with Crippen molar-refractivity contribution in [1.29, 1.82) is 0 Å². The van der Waals surface area contributed by atoms with E-state index in [1.165, 1.54) is 5.56 Å². The molecule has 2 heterocycles. The van der Waals surface area contributed by atoms with Crippen molar-refractivity contribution in [3.8, 4) is 17.0 Å². The third-order valence-corrected chi connectivity index (χ3v) is 6.83. The number of nitrogens with one attached hydrogen (secondary N) is 1. The van der Waals surface area contributed by atoms with E-state index < -0.39 is 12.1 Å². The van der Waals surface area contributed by atoms with Crippen LogP contribution in [0.1, 0.15) is 42.6 Å². The Bertz CT molecular complexity index is 1190. The van der Waals surface area contributed by atoms with Gasteiger partial charge in [-0.15, -0.1) is 11.3 Å². The number of ether oxygens (including phenoxy) is 1. The molecular weight excluding hydrogens is 434 g/mol. The van der Waals surface area contributed by atoms with Crippen LogP contribution in [0.2, 0.25) is 0 Å². The van der Waals surface area contributed by atoms with Crippen LogP contribution in [0.15, 0.2) is 42.5 Å². The van der Waals surface area contributed by atoms with E-state index in [0.29, 0.717) is 23.5 Å². The minimum absolute atomic E-state index is 0.211. The number of carbonyl (C=O) groups excluding carboxylic acids is 2. The largest absolute Gasteiger partial charge is 0.478 e. The van der Waals surface area contributed by atoms with Crippen molar-refractivity contribution in [2.75, 3.05) is 10.2 Å². The van der Waals surface area contributed by atoms with Gasteiger partial charge < -0.3 is 10.1 Å². The van der Waals surface area contributed by atoms with Crippen LogP contribution in [0.5, 0.6) is 5.75 Å². The highest BCUT2D eigenvalue weighted by Crippen LogP contribution is 2.40. The number of aromatic nitrogens is 1. The summed E-state index contributed by atoms with van der Waals surface area (Å²) in [4.78, 5) is 33.8. The van der Waals surface area contributed by atoms with Crippen LogP contribution in [0, 0.1) is 13.8 Å². The number of benzene rings is 2. The summed E-state index contributed by atoms with van der Waals surface area (Å²) >= 11 is 1.63. The first-order valence-corrected chi connectivity index (χ1v) is 12.1. The lowest BCUT2D eigenvalue weighted by molar-refractivity contribution is -0.129. The van der Waals surface area contributed by atoms with Crippen molar-refractivity contribution >= 4 is 34.5 Å². The molecule has 4 rings (SSSR count). The summed E-state index contributed by atoms with van der Waals surface area (Å²) in [6.07, 6.45) is 0.835. The Labute approximate surface area is 198 Å². The van der Waals surface area contributed by atoms with E-state index in [4.69, 9.17) is 4.74 Å². The number of hydrogen-bond acceptors (Lipinski definition) is 5. The molecule has 3 aromatic rings. The minimum atomic E-state index is -0.714. The van der Waals surface area contributed by atoms with Gasteiger partial charge in [-0.25, -0.2) is 4.98 Å². The molecule has 0 spiro atoms. The maximum Gasteiger partial charge on any atom is 0.268 e. The van der Waals surface area contributed by atoms with E-state index in [9.17, 15) is 9.59 Å². The number of fused-ring (bicyclic) bond motifs is 1. The average Bonchev–Trinajstić information content (AvgIpc) is 3.16. The van der Waals surface area contributed by atoms with Crippen LogP contribution in [0.3, 0.4) is 0 Å². The van der Waals surface area contributed by atoms with Gasteiger partial charge in [0.05, 0.1) is 16.4 Å². The van der Waals surface area contributed by atoms with E-state index in [-0.39, 0.29) is 11.8 Å². The molecule has 7 heteroatoms. The van der Waals surface area contributed by atoms with Gasteiger partial charge in [0.25, 0.3) is 5.91 Å². The topological polar surface area (TPSA) is 71.5 Å². The molecule has 0 fully saturated rings. The van der Waals surface area contributed by atoms with Gasteiger partial charge in [0.1, 0.15) is 11.8 Å². The second-order valence-corrected chi connectivity index (χ2v) is 9.67. The number of aryl methyl sites for hydroxylation is 3. The number of anilines is 2. The summed E-state index contributed by atoms with van der Waals surface area (Å²) in [5.74, 6) is 0.139. The number of hydrogen-bond donors (Lipinski definition) is 1. The van der Waals surface area contributed by atoms with Gasteiger partial charge in [-0.1, -0.05) is 26.0 Å². The summed E-state index contributed by atoms with van der Waals surface area (Å²) < 4.78 is 5.98. The highest BCUT2D eigenvalue weighted by Gasteiger charge is 2.38. The average molecular weight is 464 g/mol. The van der Waals surface area contributed by atoms with Gasteiger partial charge in [0, 0.05) is 16.1 Å². The molecule has 0 bridgehead atoms. The molecule has 6 nitrogen and oxygen atoms in total. The Hall–Kier alpha value is -3.19. The van der Waals surface area contributed by atoms with Crippen LogP contribution in [0.4, 0.5) is 11.4 Å². The molecule has 1 aromatic heterocycles. The first-order valence-electron chi connectivity index (χ1n) is 11.3. The molecular formula is C26H29N3O3S. The summed E-state index contributed by atoms with van der Waals surface area (Å²) in [6.45, 7) is 9.75. The normalized spacial score (nSPS) is 16.2. The summed E-state index contributed by atoms with van der Waals surface area (Å²) in [5.41, 5.74) is 4.29. The fraction of sp³-hybridized carbons (Fsp3) is 0.346. The zero-order valence-corrected chi connectivity index (χ0v) is 20.5. The second kappa shape index (κ2) is 9.35. The van der Waals surface area contributed by atoms with E-state index in [1.807, 2.05) is 63.2 Å². The van der Waals surface area contributed by atoms with Gasteiger partial charge in [-0.3, -0.25) is 14.5 Å². The Morgan fingerprint density at radius 3 is 2.52 bits per heavy atom. The van der Waals surface area contributed by atoms with Crippen molar-refractivity contribution in [2.24, 2.45) is 0 Å². The van der Waals surface area contributed by atoms with Gasteiger partial charge in [0.2, 0.25) is 5.91 Å². The van der Waals surface area contributed by atoms with Crippen LogP contribution >= 0.6 is 11.3 Å². The number of carbonyl (C=O) groups is 2. The predicted octanol–water partition coefficient (Wildman–Crippen LogP) is 5.52. The molecule has 0 saturated heterocycles. The first kappa shape index (κ1) is 23.0. The van der Waals surface area contributed by atoms with E-state index in [0.717, 1.165) is 27.6 Å². The van der Waals surface area contributed by atoms with Crippen molar-refractivity contribution in [1.82, 2.24) is 4.98 Å². The fourth-order valence-electron chi connectivity index (χ4n) is 4.07. The van der Waals surface area contributed by atoms with Gasteiger partial charge in [-0.05, 0) is 69.5 Å². The zero-order valence-electron chi connectivity index (χ0n) is 19.6. The smallest absolute Gasteiger partial charge is 0.268 e. The van der Waals surface area contributed by atoms with Crippen molar-refractivity contribution in [2.45, 2.75) is 59.6 Å². The fourth-order valence-corrected chi connectivity index (χ4v) is 4.91. The Kier molecular flexibility index (Phi) is 6.51. The van der Waals surface area contributed by atoms with Gasteiger partial charge in [-0.2, -0.15) is 0 Å². The maximum atomic E-state index is 13.3. The quantitative estimate of drug-likeness (QED) is 0.522. The van der Waals surface area contributed by atoms with E-state index in [2.05, 4.69) is 17.2 Å². The molecule has 2 unspecified atom stereocenters. The lowest BCUT2D eigenvalue weighted by Gasteiger charge is -2.37. The lowest BCUT2D eigenvalue weighted by atomic mass is 10.0. The lowest BCUT2D eigenvalue weighted by Crippen LogP contribution is -2.53. The number of rotatable bonds is 6. The van der Waals surface area contributed by atoms with Crippen LogP contribution in [-0.2, 0) is 16.0 Å². The Morgan fingerprint density at radius 1 is 1.18 bits per heavy atom. The van der Waals surface area contributed by atoms with Gasteiger partial charge in [0.15, 0.2) is 6.10 Å². The highest BCUT2D eigenvalue weighted by atomic mass is 32.1. The van der Waals surface area contributed by atoms with Crippen LogP contribution in [-0.4, -0.2) is 28.9 Å². The van der Waals surface area contributed by atoms with Crippen LogP contribution in [0.25, 0.3) is 11.3 Å². The SMILES string of the molecule is CCc1ccc(NC(=O)C(C)N2C(=O)C(CC)Oc3ccc(-c4nc(C)sc4C)cc32)cc1. The molecule has 172 valence electrons. The van der Waals surface area contributed by atoms with Crippen molar-refractivity contribution < 1.29 is 14.3 Å². The minimum Gasteiger partial charge on any atom is -0.478 e. The number of nitrogens with zero attached hydrogens (tertiary/aromatic N) is 2. The van der Waals surface area contributed by atoms with E-state index in [1.54, 1.807) is 23.2 Å². The molecule has 0 aliphatic carbocycles. The summed E-state index contributed by atoms with van der Waals surface area (Å²) in [5, 5.41) is 3.93. The number of amides is 2. The maximum absolute atomic E-state index is 13.3. The van der Waals surface area contributed by atoms with E-state index >= 15 is 0 Å². The highest BCUT2D eigenvalue weighted by molar-refractivity contribution is 7.11. The molecule has 2 aromatic carbocycles. The zero-order chi connectivity index (χ0) is 23.7. The van der Waals surface area contributed by atoms with Crippen molar-refractivity contribution in [3.63, 3.8) is 0 Å². The monoisotopic (exact) mass is 463 g/mol. The second-order valence-electron chi connectivity index (χ2n) is 8.26. The Balaban J connectivity index is 1.68. The Morgan fingerprint density at radius 2 is 1.91 bits per heavy atom. The first-order chi connectivity index (χ1) is 15.8. The third-order valence-electron chi connectivity index (χ3n) is 5.94. The predicted molar refractivity (Wildman–Crippen MR) is 133 cm³/mol. The standard InChI is InChI=1S/C26H29N3O3S/c1-6-18-8-11-20(12-9-18)28-25(30)15(3)29-21-14-19(24-16(4)33-17(5)27-24)10-13-23(21)32-22(7-2)26(29)31/h8-15,22H,6-7H2,1-5H3,(H,28,30). The van der Waals surface area contributed by atoms with Gasteiger partial charge >= 0.3 is 0 Å². The van der Waals surface area contributed by atoms with Crippen LogP contribution < -0.4 is 15.0 Å². The molecule has 33 heavy (non-hydrogen) atoms.